The van der Waals surface area contributed by atoms with E-state index in [9.17, 15) is 4.39 Å². The van der Waals surface area contributed by atoms with Crippen LogP contribution in [0.15, 0.2) is 77.9 Å². The van der Waals surface area contributed by atoms with Gasteiger partial charge in [0.1, 0.15) is 5.82 Å². The van der Waals surface area contributed by atoms with Crippen molar-refractivity contribution in [3.63, 3.8) is 0 Å². The predicted octanol–water partition coefficient (Wildman–Crippen LogP) is 6.58. The average molecular weight is 463 g/mol. The molecule has 0 saturated heterocycles. The minimum atomic E-state index is -0.305. The largest absolute Gasteiger partial charge is 0.352 e. The number of hydrogen-bond donors (Lipinski definition) is 1. The molecule has 2 aliphatic rings. The van der Waals surface area contributed by atoms with Crippen molar-refractivity contribution in [1.82, 2.24) is 14.5 Å². The van der Waals surface area contributed by atoms with E-state index in [4.69, 9.17) is 16.5 Å². The molecule has 35 heavy (non-hydrogen) atoms. The highest BCUT2D eigenvalue weighted by Gasteiger charge is 2.17. The summed E-state index contributed by atoms with van der Waals surface area (Å²) in [5.74, 6) is -0.305. The third-order valence-electron chi connectivity index (χ3n) is 5.58. The molecule has 0 unspecified atom stereocenters. The van der Waals surface area contributed by atoms with E-state index in [0.717, 1.165) is 39.3 Å². The summed E-state index contributed by atoms with van der Waals surface area (Å²) >= 11 is 0. The molecule has 1 aromatic heterocycles. The Balaban J connectivity index is 1.83. The SMILES string of the molecule is [C-]#[N+]c1ccc2c(c1)nc1cc(Nc3ccc(C)nc3)c(=NC(C)C)cc-1n2-c1ccc(F)cc1. The highest BCUT2D eigenvalue weighted by molar-refractivity contribution is 5.86. The molecule has 5 rings (SSSR count). The summed E-state index contributed by atoms with van der Waals surface area (Å²) in [6.07, 6.45) is 1.78. The second kappa shape index (κ2) is 8.99. The summed E-state index contributed by atoms with van der Waals surface area (Å²) in [4.78, 5) is 17.7. The van der Waals surface area contributed by atoms with Gasteiger partial charge in [-0.25, -0.2) is 14.2 Å². The number of fused-ring (bicyclic) bond motifs is 2. The van der Waals surface area contributed by atoms with Gasteiger partial charge in [-0.1, -0.05) is 6.07 Å². The molecule has 0 bridgehead atoms. The van der Waals surface area contributed by atoms with Crippen LogP contribution in [0.3, 0.4) is 0 Å². The summed E-state index contributed by atoms with van der Waals surface area (Å²) in [6, 6.07) is 19.7. The Labute approximate surface area is 202 Å². The van der Waals surface area contributed by atoms with Gasteiger partial charge in [-0.3, -0.25) is 9.98 Å². The lowest BCUT2D eigenvalue weighted by molar-refractivity contribution is 0.627. The Morgan fingerprint density at radius 3 is 2.51 bits per heavy atom. The third-order valence-corrected chi connectivity index (χ3v) is 5.58. The van der Waals surface area contributed by atoms with Crippen LogP contribution in [0.5, 0.6) is 0 Å². The van der Waals surface area contributed by atoms with Crippen LogP contribution >= 0.6 is 0 Å². The molecular weight excluding hydrogens is 439 g/mol. The number of nitrogens with one attached hydrogen (secondary N) is 1. The molecular formula is C28H23FN6. The van der Waals surface area contributed by atoms with Crippen molar-refractivity contribution in [2.45, 2.75) is 26.8 Å². The lowest BCUT2D eigenvalue weighted by atomic mass is 10.1. The van der Waals surface area contributed by atoms with Crippen LogP contribution < -0.4 is 10.7 Å². The molecule has 1 aliphatic carbocycles. The first-order chi connectivity index (χ1) is 16.9. The molecule has 3 aromatic rings. The number of rotatable bonds is 4. The number of aryl methyl sites for hydroxylation is 1. The van der Waals surface area contributed by atoms with E-state index in [1.54, 1.807) is 30.5 Å². The van der Waals surface area contributed by atoms with Crippen molar-refractivity contribution in [2.75, 3.05) is 5.32 Å². The van der Waals surface area contributed by atoms with E-state index in [2.05, 4.69) is 15.1 Å². The van der Waals surface area contributed by atoms with Crippen LogP contribution in [-0.2, 0) is 0 Å². The number of benzene rings is 3. The number of pyridine rings is 1. The van der Waals surface area contributed by atoms with E-state index in [0.29, 0.717) is 16.9 Å². The van der Waals surface area contributed by atoms with Crippen molar-refractivity contribution in [3.8, 4) is 17.1 Å². The van der Waals surface area contributed by atoms with Crippen LogP contribution in [0.2, 0.25) is 0 Å². The number of halogens is 1. The standard InChI is InChI=1S/C28H23FN6/c1-17(2)32-24-15-28-26(14-23(24)33-21-8-5-18(3)31-16-21)34-25-13-20(30-4)9-12-27(25)35(28)22-10-6-19(29)7-11-22/h5-17,33H,1-3H3. The topological polar surface area (TPSA) is 59.5 Å². The normalized spacial score (nSPS) is 11.8. The van der Waals surface area contributed by atoms with Crippen LogP contribution in [0.25, 0.3) is 33.0 Å². The zero-order chi connectivity index (χ0) is 24.5. The Morgan fingerprint density at radius 1 is 1.03 bits per heavy atom. The number of nitrogens with zero attached hydrogens (tertiary/aromatic N) is 5. The molecule has 0 spiro atoms. The minimum Gasteiger partial charge on any atom is -0.352 e. The van der Waals surface area contributed by atoms with E-state index >= 15 is 0 Å². The van der Waals surface area contributed by atoms with Gasteiger partial charge in [0.2, 0.25) is 0 Å². The van der Waals surface area contributed by atoms with E-state index in [-0.39, 0.29) is 11.9 Å². The molecule has 2 aromatic carbocycles. The van der Waals surface area contributed by atoms with Crippen molar-refractivity contribution < 1.29 is 4.39 Å². The quantitative estimate of drug-likeness (QED) is 0.243. The van der Waals surface area contributed by atoms with Gasteiger partial charge in [-0.05, 0) is 81.4 Å². The van der Waals surface area contributed by atoms with Gasteiger partial charge in [-0.15, -0.1) is 0 Å². The van der Waals surface area contributed by atoms with Crippen molar-refractivity contribution >= 4 is 28.1 Å². The molecule has 2 heterocycles. The van der Waals surface area contributed by atoms with Gasteiger partial charge in [0, 0.05) is 17.4 Å². The Hall–Kier alpha value is -4.57. The highest BCUT2D eigenvalue weighted by Crippen LogP contribution is 2.32. The molecule has 1 N–H and O–H groups in total. The molecule has 0 fully saturated rings. The maximum atomic E-state index is 13.7. The lowest BCUT2D eigenvalue weighted by Gasteiger charge is -2.20. The molecule has 0 radical (unpaired) electrons. The van der Waals surface area contributed by atoms with Crippen LogP contribution in [0.4, 0.5) is 21.5 Å². The molecule has 0 amide bonds. The smallest absolute Gasteiger partial charge is 0.189 e. The second-order valence-corrected chi connectivity index (χ2v) is 8.60. The van der Waals surface area contributed by atoms with E-state index in [1.807, 2.05) is 55.7 Å². The Bertz CT molecular complexity index is 1610. The van der Waals surface area contributed by atoms with Crippen LogP contribution in [0, 0.1) is 19.3 Å². The first-order valence-corrected chi connectivity index (χ1v) is 11.3. The Morgan fingerprint density at radius 2 is 1.83 bits per heavy atom. The summed E-state index contributed by atoms with van der Waals surface area (Å²) in [7, 11) is 0. The highest BCUT2D eigenvalue weighted by atomic mass is 19.1. The predicted molar refractivity (Wildman–Crippen MR) is 137 cm³/mol. The summed E-state index contributed by atoms with van der Waals surface area (Å²) < 4.78 is 15.8. The number of anilines is 2. The van der Waals surface area contributed by atoms with Gasteiger partial charge >= 0.3 is 0 Å². The fourth-order valence-corrected chi connectivity index (χ4v) is 4.00. The van der Waals surface area contributed by atoms with E-state index in [1.165, 1.54) is 12.1 Å². The van der Waals surface area contributed by atoms with Gasteiger partial charge in [0.05, 0.1) is 51.9 Å². The van der Waals surface area contributed by atoms with Gasteiger partial charge < -0.3 is 9.88 Å². The van der Waals surface area contributed by atoms with Gasteiger partial charge in [-0.2, -0.15) is 0 Å². The number of aromatic nitrogens is 3. The van der Waals surface area contributed by atoms with Gasteiger partial charge in [0.25, 0.3) is 0 Å². The molecule has 0 atom stereocenters. The molecule has 7 heteroatoms. The van der Waals surface area contributed by atoms with Crippen molar-refractivity contribution in [2.24, 2.45) is 4.99 Å². The molecule has 172 valence electrons. The zero-order valence-electron chi connectivity index (χ0n) is 19.6. The minimum absolute atomic E-state index is 0.0676. The molecule has 0 saturated carbocycles. The monoisotopic (exact) mass is 462 g/mol. The molecule has 1 aliphatic heterocycles. The Kier molecular flexibility index (Phi) is 5.71. The fraction of sp³-hybridized carbons (Fsp3) is 0.143. The summed E-state index contributed by atoms with van der Waals surface area (Å²) in [5.41, 5.74) is 6.91. The van der Waals surface area contributed by atoms with Crippen LogP contribution in [0.1, 0.15) is 19.5 Å². The van der Waals surface area contributed by atoms with Crippen molar-refractivity contribution in [3.05, 3.63) is 101 Å². The van der Waals surface area contributed by atoms with Crippen LogP contribution in [-0.4, -0.2) is 20.6 Å². The maximum Gasteiger partial charge on any atom is 0.189 e. The summed E-state index contributed by atoms with van der Waals surface area (Å²) in [5, 5.41) is 4.21. The fourth-order valence-electron chi connectivity index (χ4n) is 4.00. The first-order valence-electron chi connectivity index (χ1n) is 11.3. The zero-order valence-corrected chi connectivity index (χ0v) is 19.6. The summed E-state index contributed by atoms with van der Waals surface area (Å²) in [6.45, 7) is 13.4. The average Bonchev–Trinajstić information content (AvgIpc) is 2.84. The third kappa shape index (κ3) is 4.46. The van der Waals surface area contributed by atoms with Gasteiger partial charge in [0.15, 0.2) is 5.69 Å². The first kappa shape index (κ1) is 22.2. The van der Waals surface area contributed by atoms with E-state index < -0.39 is 0 Å². The van der Waals surface area contributed by atoms with Crippen molar-refractivity contribution in [1.29, 1.82) is 0 Å². The lowest BCUT2D eigenvalue weighted by Crippen LogP contribution is -2.16. The maximum absolute atomic E-state index is 13.7. The molecule has 6 nitrogen and oxygen atoms in total. The number of hydrogen-bond acceptors (Lipinski definition) is 4. The second-order valence-electron chi connectivity index (χ2n) is 8.60.